The fourth-order valence-corrected chi connectivity index (χ4v) is 3.16. The van der Waals surface area contributed by atoms with Crippen molar-refractivity contribution in [2.45, 2.75) is 13.0 Å². The summed E-state index contributed by atoms with van der Waals surface area (Å²) in [4.78, 5) is 14.7. The van der Waals surface area contributed by atoms with Crippen LogP contribution in [0.25, 0.3) is 0 Å². The number of halogens is 1. The van der Waals surface area contributed by atoms with E-state index in [0.717, 1.165) is 43.4 Å². The SMILES string of the molecule is COc1ccc(N[C@@H](C)C(=O)Nc2ccc(N3CCOCC3)cc2)cc1Cl. The quantitative estimate of drug-likeness (QED) is 0.790. The van der Waals surface area contributed by atoms with Crippen LogP contribution in [0, 0.1) is 0 Å². The average molecular weight is 390 g/mol. The summed E-state index contributed by atoms with van der Waals surface area (Å²) in [5, 5.41) is 6.56. The topological polar surface area (TPSA) is 62.8 Å². The monoisotopic (exact) mass is 389 g/mol. The summed E-state index contributed by atoms with van der Waals surface area (Å²) >= 11 is 6.12. The predicted molar refractivity (Wildman–Crippen MR) is 109 cm³/mol. The second-order valence-electron chi connectivity index (χ2n) is 6.35. The molecule has 0 spiro atoms. The summed E-state index contributed by atoms with van der Waals surface area (Å²) in [6, 6.07) is 12.8. The molecule has 27 heavy (non-hydrogen) atoms. The molecule has 1 heterocycles. The molecule has 1 atom stereocenters. The summed E-state index contributed by atoms with van der Waals surface area (Å²) in [7, 11) is 1.56. The highest BCUT2D eigenvalue weighted by atomic mass is 35.5. The third-order valence-electron chi connectivity index (χ3n) is 4.44. The van der Waals surface area contributed by atoms with Crippen LogP contribution in [0.3, 0.4) is 0 Å². The first-order valence-corrected chi connectivity index (χ1v) is 9.28. The van der Waals surface area contributed by atoms with Crippen LogP contribution in [0.4, 0.5) is 17.1 Å². The molecule has 1 amide bonds. The highest BCUT2D eigenvalue weighted by molar-refractivity contribution is 6.32. The van der Waals surface area contributed by atoms with Crippen molar-refractivity contribution in [3.05, 3.63) is 47.5 Å². The van der Waals surface area contributed by atoms with Crippen molar-refractivity contribution >= 4 is 34.6 Å². The molecule has 2 N–H and O–H groups in total. The first-order chi connectivity index (χ1) is 13.1. The molecule has 0 aromatic heterocycles. The van der Waals surface area contributed by atoms with Gasteiger partial charge in [0.05, 0.1) is 25.3 Å². The van der Waals surface area contributed by atoms with Crippen molar-refractivity contribution in [3.63, 3.8) is 0 Å². The van der Waals surface area contributed by atoms with Gasteiger partial charge in [-0.25, -0.2) is 0 Å². The lowest BCUT2D eigenvalue weighted by atomic mass is 10.2. The predicted octanol–water partition coefficient (Wildman–Crippen LogP) is 3.62. The number of morpholine rings is 1. The van der Waals surface area contributed by atoms with Crippen LogP contribution in [0.15, 0.2) is 42.5 Å². The van der Waals surface area contributed by atoms with Gasteiger partial charge in [0.1, 0.15) is 11.8 Å². The van der Waals surface area contributed by atoms with Crippen molar-refractivity contribution in [3.8, 4) is 5.75 Å². The minimum Gasteiger partial charge on any atom is -0.495 e. The number of ether oxygens (including phenoxy) is 2. The van der Waals surface area contributed by atoms with Crippen molar-refractivity contribution in [1.82, 2.24) is 0 Å². The van der Waals surface area contributed by atoms with Crippen LogP contribution >= 0.6 is 11.6 Å². The molecule has 0 unspecified atom stereocenters. The number of nitrogens with one attached hydrogen (secondary N) is 2. The normalized spacial score (nSPS) is 15.1. The molecule has 3 rings (SSSR count). The second-order valence-corrected chi connectivity index (χ2v) is 6.76. The van der Waals surface area contributed by atoms with E-state index >= 15 is 0 Å². The maximum Gasteiger partial charge on any atom is 0.246 e. The number of benzene rings is 2. The number of hydrogen-bond donors (Lipinski definition) is 2. The summed E-state index contributed by atoms with van der Waals surface area (Å²) in [5.74, 6) is 0.473. The molecule has 0 aliphatic carbocycles. The third kappa shape index (κ3) is 5.05. The van der Waals surface area contributed by atoms with Gasteiger partial charge in [0.2, 0.25) is 5.91 Å². The largest absolute Gasteiger partial charge is 0.495 e. The van der Waals surface area contributed by atoms with E-state index in [1.54, 1.807) is 26.2 Å². The lowest BCUT2D eigenvalue weighted by Gasteiger charge is -2.29. The minimum absolute atomic E-state index is 0.124. The molecule has 1 aliphatic rings. The molecular weight excluding hydrogens is 366 g/mol. The Kier molecular flexibility index (Phi) is 6.42. The zero-order valence-corrected chi connectivity index (χ0v) is 16.3. The number of carbonyl (C=O) groups excluding carboxylic acids is 1. The summed E-state index contributed by atoms with van der Waals surface area (Å²) in [6.45, 7) is 5.07. The van der Waals surface area contributed by atoms with Crippen LogP contribution in [-0.4, -0.2) is 45.4 Å². The minimum atomic E-state index is -0.423. The zero-order chi connectivity index (χ0) is 19.2. The smallest absolute Gasteiger partial charge is 0.246 e. The van der Waals surface area contributed by atoms with Crippen molar-refractivity contribution in [2.75, 3.05) is 48.9 Å². The van der Waals surface area contributed by atoms with Crippen LogP contribution in [0.1, 0.15) is 6.92 Å². The number of carbonyl (C=O) groups is 1. The second kappa shape index (κ2) is 8.97. The van der Waals surface area contributed by atoms with Gasteiger partial charge in [-0.1, -0.05) is 11.6 Å². The summed E-state index contributed by atoms with van der Waals surface area (Å²) in [5.41, 5.74) is 2.65. The van der Waals surface area contributed by atoms with Crippen LogP contribution in [0.5, 0.6) is 5.75 Å². The lowest BCUT2D eigenvalue weighted by molar-refractivity contribution is -0.116. The Bertz CT molecular complexity index is 777. The Morgan fingerprint density at radius 1 is 1.15 bits per heavy atom. The number of methoxy groups -OCH3 is 1. The van der Waals surface area contributed by atoms with Gasteiger partial charge in [-0.05, 0) is 49.4 Å². The van der Waals surface area contributed by atoms with E-state index in [0.29, 0.717) is 10.8 Å². The highest BCUT2D eigenvalue weighted by Crippen LogP contribution is 2.27. The van der Waals surface area contributed by atoms with E-state index in [1.165, 1.54) is 0 Å². The van der Waals surface area contributed by atoms with Crippen LogP contribution in [0.2, 0.25) is 5.02 Å². The molecule has 0 saturated carbocycles. The molecule has 7 heteroatoms. The van der Waals surface area contributed by atoms with Crippen molar-refractivity contribution in [1.29, 1.82) is 0 Å². The summed E-state index contributed by atoms with van der Waals surface area (Å²) < 4.78 is 10.5. The fraction of sp³-hybridized carbons (Fsp3) is 0.350. The molecule has 1 aliphatic heterocycles. The van der Waals surface area contributed by atoms with Gasteiger partial charge in [-0.3, -0.25) is 4.79 Å². The number of anilines is 3. The van der Waals surface area contributed by atoms with E-state index in [4.69, 9.17) is 21.1 Å². The Morgan fingerprint density at radius 2 is 1.81 bits per heavy atom. The molecule has 6 nitrogen and oxygen atoms in total. The molecule has 2 aromatic rings. The van der Waals surface area contributed by atoms with Gasteiger partial charge in [0.15, 0.2) is 0 Å². The fourth-order valence-electron chi connectivity index (χ4n) is 2.90. The van der Waals surface area contributed by atoms with Gasteiger partial charge in [-0.2, -0.15) is 0 Å². The highest BCUT2D eigenvalue weighted by Gasteiger charge is 2.15. The third-order valence-corrected chi connectivity index (χ3v) is 4.73. The number of nitrogens with zero attached hydrogens (tertiary/aromatic N) is 1. The molecule has 1 fully saturated rings. The number of hydrogen-bond acceptors (Lipinski definition) is 5. The van der Waals surface area contributed by atoms with E-state index in [1.807, 2.05) is 30.3 Å². The number of amides is 1. The Morgan fingerprint density at radius 3 is 2.44 bits per heavy atom. The Labute approximate surface area is 164 Å². The molecule has 0 radical (unpaired) electrons. The van der Waals surface area contributed by atoms with Gasteiger partial charge in [-0.15, -0.1) is 0 Å². The van der Waals surface area contributed by atoms with E-state index in [-0.39, 0.29) is 5.91 Å². The first-order valence-electron chi connectivity index (χ1n) is 8.90. The van der Waals surface area contributed by atoms with E-state index in [2.05, 4.69) is 15.5 Å². The Balaban J connectivity index is 1.56. The van der Waals surface area contributed by atoms with E-state index < -0.39 is 6.04 Å². The molecule has 1 saturated heterocycles. The van der Waals surface area contributed by atoms with Crippen LogP contribution < -0.4 is 20.3 Å². The summed E-state index contributed by atoms with van der Waals surface area (Å²) in [6.07, 6.45) is 0. The van der Waals surface area contributed by atoms with Gasteiger partial charge < -0.3 is 25.0 Å². The first kappa shape index (κ1) is 19.3. The van der Waals surface area contributed by atoms with Gasteiger partial charge in [0.25, 0.3) is 0 Å². The van der Waals surface area contributed by atoms with Gasteiger partial charge >= 0.3 is 0 Å². The average Bonchev–Trinajstić information content (AvgIpc) is 2.69. The lowest BCUT2D eigenvalue weighted by Crippen LogP contribution is -2.36. The molecule has 0 bridgehead atoms. The van der Waals surface area contributed by atoms with E-state index in [9.17, 15) is 4.79 Å². The standard InChI is InChI=1S/C20H24ClN3O3/c1-14(22-16-5-8-19(26-2)18(21)13-16)20(25)23-15-3-6-17(7-4-15)24-9-11-27-12-10-24/h3-8,13-14,22H,9-12H2,1-2H3,(H,23,25)/t14-/m0/s1. The van der Waals surface area contributed by atoms with Crippen LogP contribution in [-0.2, 0) is 9.53 Å². The maximum absolute atomic E-state index is 12.5. The molecular formula is C20H24ClN3O3. The Hall–Kier alpha value is -2.44. The van der Waals surface area contributed by atoms with Crippen molar-refractivity contribution < 1.29 is 14.3 Å². The zero-order valence-electron chi connectivity index (χ0n) is 15.5. The van der Waals surface area contributed by atoms with Gasteiger partial charge in [0, 0.05) is 30.2 Å². The molecule has 144 valence electrons. The maximum atomic E-state index is 12.5. The van der Waals surface area contributed by atoms with Crippen molar-refractivity contribution in [2.24, 2.45) is 0 Å². The number of rotatable bonds is 6. The molecule has 2 aromatic carbocycles.